The van der Waals surface area contributed by atoms with Crippen molar-refractivity contribution >= 4 is 39.7 Å². The third-order valence-corrected chi connectivity index (χ3v) is 3.75. The van der Waals surface area contributed by atoms with Crippen molar-refractivity contribution in [1.29, 1.82) is 0 Å². The number of nitrogens with one attached hydrogen (secondary N) is 2. The number of hydrogen-bond donors (Lipinski definition) is 2. The van der Waals surface area contributed by atoms with Crippen molar-refractivity contribution in [3.8, 4) is 0 Å². The number of amides is 1. The van der Waals surface area contributed by atoms with Gasteiger partial charge in [0, 0.05) is 11.1 Å². The van der Waals surface area contributed by atoms with E-state index < -0.39 is 5.82 Å². The largest absolute Gasteiger partial charge is 0.376 e. The van der Waals surface area contributed by atoms with Crippen molar-refractivity contribution in [2.75, 3.05) is 17.2 Å². The van der Waals surface area contributed by atoms with Crippen LogP contribution in [-0.2, 0) is 4.79 Å². The molecule has 0 aromatic heterocycles. The summed E-state index contributed by atoms with van der Waals surface area (Å²) in [6.45, 7) is 0.0850. The molecule has 5 heteroatoms. The Labute approximate surface area is 138 Å². The van der Waals surface area contributed by atoms with E-state index in [0.29, 0.717) is 5.69 Å². The van der Waals surface area contributed by atoms with Crippen LogP contribution in [0.25, 0.3) is 10.8 Å². The van der Waals surface area contributed by atoms with E-state index in [1.807, 2.05) is 42.5 Å². The van der Waals surface area contributed by atoms with Gasteiger partial charge >= 0.3 is 0 Å². The van der Waals surface area contributed by atoms with Crippen molar-refractivity contribution in [3.05, 3.63) is 71.5 Å². The maximum atomic E-state index is 13.0. The zero-order valence-corrected chi connectivity index (χ0v) is 12.9. The molecule has 23 heavy (non-hydrogen) atoms. The molecule has 0 fully saturated rings. The fourth-order valence-corrected chi connectivity index (χ4v) is 2.55. The number of hydrogen-bond acceptors (Lipinski definition) is 2. The molecule has 116 valence electrons. The van der Waals surface area contributed by atoms with E-state index in [1.54, 1.807) is 0 Å². The van der Waals surface area contributed by atoms with Crippen molar-refractivity contribution in [3.63, 3.8) is 0 Å². The number of fused-ring (bicyclic) bond motifs is 1. The number of carbonyl (C=O) groups is 1. The van der Waals surface area contributed by atoms with Crippen LogP contribution in [0.4, 0.5) is 15.8 Å². The second-order valence-corrected chi connectivity index (χ2v) is 5.46. The van der Waals surface area contributed by atoms with E-state index in [-0.39, 0.29) is 17.5 Å². The Balaban J connectivity index is 1.69. The average molecular weight is 329 g/mol. The summed E-state index contributed by atoms with van der Waals surface area (Å²) in [5.74, 6) is -0.701. The molecule has 0 aliphatic carbocycles. The number of halogens is 2. The van der Waals surface area contributed by atoms with Crippen LogP contribution >= 0.6 is 11.6 Å². The lowest BCUT2D eigenvalue weighted by Gasteiger charge is -2.11. The van der Waals surface area contributed by atoms with Gasteiger partial charge in [0.05, 0.1) is 17.3 Å². The van der Waals surface area contributed by atoms with Crippen molar-refractivity contribution in [2.45, 2.75) is 0 Å². The van der Waals surface area contributed by atoms with Gasteiger partial charge in [0.15, 0.2) is 0 Å². The molecule has 0 spiro atoms. The Morgan fingerprint density at radius 1 is 1.00 bits per heavy atom. The normalized spacial score (nSPS) is 10.5. The second kappa shape index (κ2) is 6.67. The number of carbonyl (C=O) groups excluding carboxylic acids is 1. The fraction of sp³-hybridized carbons (Fsp3) is 0.0556. The van der Waals surface area contributed by atoms with E-state index >= 15 is 0 Å². The first kappa shape index (κ1) is 15.3. The summed E-state index contributed by atoms with van der Waals surface area (Å²) in [6.07, 6.45) is 0. The standard InChI is InChI=1S/C18H14ClFN2O/c19-15-10-13(20)8-9-17(15)22-18(23)11-21-16-7-3-5-12-4-1-2-6-14(12)16/h1-10,21H,11H2,(H,22,23). The first-order chi connectivity index (χ1) is 11.1. The fourth-order valence-electron chi connectivity index (χ4n) is 2.34. The molecule has 3 aromatic rings. The van der Waals surface area contributed by atoms with Crippen LogP contribution in [0, 0.1) is 5.82 Å². The highest BCUT2D eigenvalue weighted by Crippen LogP contribution is 2.24. The van der Waals surface area contributed by atoms with Crippen LogP contribution in [0.2, 0.25) is 5.02 Å². The highest BCUT2D eigenvalue weighted by molar-refractivity contribution is 6.33. The summed E-state index contributed by atoms with van der Waals surface area (Å²) in [6, 6.07) is 17.6. The quantitative estimate of drug-likeness (QED) is 0.730. The Bertz CT molecular complexity index is 861. The summed E-state index contributed by atoms with van der Waals surface area (Å²) in [4.78, 5) is 12.0. The predicted octanol–water partition coefficient (Wildman–Crippen LogP) is 4.68. The summed E-state index contributed by atoms with van der Waals surface area (Å²) >= 11 is 5.89. The van der Waals surface area contributed by atoms with Gasteiger partial charge in [0.2, 0.25) is 5.91 Å². The monoisotopic (exact) mass is 328 g/mol. The molecule has 0 saturated carbocycles. The maximum absolute atomic E-state index is 13.0. The third-order valence-electron chi connectivity index (χ3n) is 3.43. The molecule has 2 N–H and O–H groups in total. The number of rotatable bonds is 4. The average Bonchev–Trinajstić information content (AvgIpc) is 2.55. The molecule has 1 amide bonds. The van der Waals surface area contributed by atoms with Crippen LogP contribution in [0.5, 0.6) is 0 Å². The molecule has 0 heterocycles. The molecule has 3 nitrogen and oxygen atoms in total. The van der Waals surface area contributed by atoms with Gasteiger partial charge in [0.25, 0.3) is 0 Å². The Hall–Kier alpha value is -2.59. The van der Waals surface area contributed by atoms with Crippen molar-refractivity contribution in [1.82, 2.24) is 0 Å². The SMILES string of the molecule is O=C(CNc1cccc2ccccc12)Nc1ccc(F)cc1Cl. The Morgan fingerprint density at radius 3 is 2.61 bits per heavy atom. The lowest BCUT2D eigenvalue weighted by Crippen LogP contribution is -2.22. The van der Waals surface area contributed by atoms with E-state index in [1.165, 1.54) is 12.1 Å². The smallest absolute Gasteiger partial charge is 0.243 e. The van der Waals surface area contributed by atoms with Crippen LogP contribution in [-0.4, -0.2) is 12.5 Å². The molecule has 0 unspecified atom stereocenters. The van der Waals surface area contributed by atoms with Crippen LogP contribution in [0.1, 0.15) is 0 Å². The summed E-state index contributed by atoms with van der Waals surface area (Å²) < 4.78 is 13.0. The number of benzene rings is 3. The van der Waals surface area contributed by atoms with Gasteiger partial charge in [-0.15, -0.1) is 0 Å². The van der Waals surface area contributed by atoms with E-state index in [4.69, 9.17) is 11.6 Å². The lowest BCUT2D eigenvalue weighted by atomic mass is 10.1. The first-order valence-corrected chi connectivity index (χ1v) is 7.48. The highest BCUT2D eigenvalue weighted by Gasteiger charge is 2.07. The van der Waals surface area contributed by atoms with Gasteiger partial charge in [0.1, 0.15) is 5.82 Å². The first-order valence-electron chi connectivity index (χ1n) is 7.10. The van der Waals surface area contributed by atoms with Crippen LogP contribution in [0.3, 0.4) is 0 Å². The van der Waals surface area contributed by atoms with Gasteiger partial charge < -0.3 is 10.6 Å². The molecular weight excluding hydrogens is 315 g/mol. The van der Waals surface area contributed by atoms with Gasteiger partial charge in [-0.3, -0.25) is 4.79 Å². The molecule has 3 rings (SSSR count). The molecule has 0 aliphatic rings. The zero-order chi connectivity index (χ0) is 16.2. The minimum absolute atomic E-state index is 0.0850. The van der Waals surface area contributed by atoms with Gasteiger partial charge in [-0.1, -0.05) is 48.0 Å². The maximum Gasteiger partial charge on any atom is 0.243 e. The molecular formula is C18H14ClFN2O. The minimum Gasteiger partial charge on any atom is -0.376 e. The Kier molecular flexibility index (Phi) is 4.44. The summed E-state index contributed by atoms with van der Waals surface area (Å²) in [5, 5.41) is 8.08. The topological polar surface area (TPSA) is 41.1 Å². The Morgan fingerprint density at radius 2 is 1.78 bits per heavy atom. The van der Waals surface area contributed by atoms with Crippen molar-refractivity contribution in [2.24, 2.45) is 0 Å². The molecule has 0 radical (unpaired) electrons. The van der Waals surface area contributed by atoms with Gasteiger partial charge in [-0.25, -0.2) is 4.39 Å². The molecule has 0 saturated heterocycles. The van der Waals surface area contributed by atoms with Crippen LogP contribution in [0.15, 0.2) is 60.7 Å². The van der Waals surface area contributed by atoms with E-state index in [2.05, 4.69) is 10.6 Å². The van der Waals surface area contributed by atoms with Gasteiger partial charge in [-0.2, -0.15) is 0 Å². The molecule has 0 atom stereocenters. The lowest BCUT2D eigenvalue weighted by molar-refractivity contribution is -0.114. The molecule has 0 aliphatic heterocycles. The van der Waals surface area contributed by atoms with Crippen molar-refractivity contribution < 1.29 is 9.18 Å². The molecule has 3 aromatic carbocycles. The van der Waals surface area contributed by atoms with E-state index in [9.17, 15) is 9.18 Å². The summed E-state index contributed by atoms with van der Waals surface area (Å²) in [7, 11) is 0. The zero-order valence-electron chi connectivity index (χ0n) is 12.1. The highest BCUT2D eigenvalue weighted by atomic mass is 35.5. The predicted molar refractivity (Wildman–Crippen MR) is 92.5 cm³/mol. The molecule has 0 bridgehead atoms. The second-order valence-electron chi connectivity index (χ2n) is 5.05. The minimum atomic E-state index is -0.443. The van der Waals surface area contributed by atoms with Crippen LogP contribution < -0.4 is 10.6 Å². The summed E-state index contributed by atoms with van der Waals surface area (Å²) in [5.41, 5.74) is 1.27. The number of anilines is 2. The third kappa shape index (κ3) is 3.60. The van der Waals surface area contributed by atoms with E-state index in [0.717, 1.165) is 22.5 Å². The van der Waals surface area contributed by atoms with Gasteiger partial charge in [-0.05, 0) is 29.7 Å².